The zero-order valence-corrected chi connectivity index (χ0v) is 11.0. The zero-order chi connectivity index (χ0) is 13.2. The Hall–Kier alpha value is -0.810. The predicted molar refractivity (Wildman–Crippen MR) is 65.8 cm³/mol. The van der Waals surface area contributed by atoms with Gasteiger partial charge in [-0.1, -0.05) is 13.0 Å². The Morgan fingerprint density at radius 3 is 2.24 bits per heavy atom. The van der Waals surface area contributed by atoms with Crippen LogP contribution >= 0.6 is 0 Å². The van der Waals surface area contributed by atoms with E-state index in [1.807, 2.05) is 0 Å². The summed E-state index contributed by atoms with van der Waals surface area (Å²) < 4.78 is 37.7. The number of hydrogen-bond acceptors (Lipinski definition) is 1. The summed E-state index contributed by atoms with van der Waals surface area (Å²) >= 11 is 0. The van der Waals surface area contributed by atoms with Crippen molar-refractivity contribution in [2.24, 2.45) is 5.14 Å². The van der Waals surface area contributed by atoms with E-state index in [-0.39, 0.29) is 11.5 Å². The van der Waals surface area contributed by atoms with E-state index >= 15 is 0 Å². The van der Waals surface area contributed by atoms with Crippen LogP contribution in [0.5, 0.6) is 0 Å². The van der Waals surface area contributed by atoms with Gasteiger partial charge in [-0.2, -0.15) is 0 Å². The Bertz CT molecular complexity index is 414. The topological polar surface area (TPSA) is 43.1 Å². The molecule has 1 unspecified atom stereocenters. The van der Waals surface area contributed by atoms with Gasteiger partial charge in [0.05, 0.1) is 15.7 Å². The fraction of sp³-hybridized carbons (Fsp3) is 0.500. The maximum absolute atomic E-state index is 13.5. The lowest BCUT2D eigenvalue weighted by Gasteiger charge is -2.25. The predicted octanol–water partition coefficient (Wildman–Crippen LogP) is 2.86. The number of nitrogens with two attached hydrogens (primary N) is 1. The van der Waals surface area contributed by atoms with E-state index in [0.717, 1.165) is 0 Å². The molecule has 5 heteroatoms. The standard InChI is InChI=1S/C12H17F2NOS/c1-8(7-12(2,3)17(15)16)11-9(13)5-4-6-10(11)14/h4-6,8H,7,15H2,1-3H3/t8-,17?/m0/s1. The molecule has 2 nitrogen and oxygen atoms in total. The van der Waals surface area contributed by atoms with Gasteiger partial charge in [-0.05, 0) is 38.3 Å². The first kappa shape index (κ1) is 14.3. The Labute approximate surface area is 103 Å². The van der Waals surface area contributed by atoms with Crippen LogP contribution in [0.25, 0.3) is 0 Å². The molecule has 0 amide bonds. The molecule has 1 aromatic rings. The highest BCUT2D eigenvalue weighted by Gasteiger charge is 2.28. The highest BCUT2D eigenvalue weighted by molar-refractivity contribution is 7.84. The maximum atomic E-state index is 13.5. The van der Waals surface area contributed by atoms with Gasteiger partial charge in [0.1, 0.15) is 11.6 Å². The monoisotopic (exact) mass is 261 g/mol. The lowest BCUT2D eigenvalue weighted by molar-refractivity contribution is 0.486. The van der Waals surface area contributed by atoms with E-state index in [4.69, 9.17) is 5.14 Å². The number of rotatable bonds is 4. The van der Waals surface area contributed by atoms with Crippen LogP contribution < -0.4 is 5.14 Å². The minimum atomic E-state index is -1.53. The molecule has 1 rings (SSSR count). The van der Waals surface area contributed by atoms with Crippen LogP contribution in [0.2, 0.25) is 0 Å². The van der Waals surface area contributed by atoms with Crippen LogP contribution in [0.1, 0.15) is 38.7 Å². The fourth-order valence-corrected chi connectivity index (χ4v) is 2.32. The maximum Gasteiger partial charge on any atom is 0.129 e. The molecule has 1 aromatic carbocycles. The summed E-state index contributed by atoms with van der Waals surface area (Å²) in [5, 5.41) is 5.36. The largest absolute Gasteiger partial charge is 0.251 e. The highest BCUT2D eigenvalue weighted by atomic mass is 32.2. The van der Waals surface area contributed by atoms with Crippen molar-refractivity contribution in [1.82, 2.24) is 0 Å². The third-order valence-electron chi connectivity index (χ3n) is 2.83. The quantitative estimate of drug-likeness (QED) is 0.889. The Kier molecular flexibility index (Phi) is 4.38. The van der Waals surface area contributed by atoms with E-state index < -0.39 is 27.4 Å². The van der Waals surface area contributed by atoms with Gasteiger partial charge in [0.2, 0.25) is 0 Å². The molecule has 0 spiro atoms. The molecule has 0 aliphatic rings. The molecule has 0 saturated heterocycles. The van der Waals surface area contributed by atoms with Crippen molar-refractivity contribution in [2.45, 2.75) is 37.9 Å². The van der Waals surface area contributed by atoms with Crippen molar-refractivity contribution < 1.29 is 13.0 Å². The molecular weight excluding hydrogens is 244 g/mol. The van der Waals surface area contributed by atoms with Gasteiger partial charge in [0.15, 0.2) is 0 Å². The first-order valence-electron chi connectivity index (χ1n) is 5.36. The minimum Gasteiger partial charge on any atom is -0.251 e. The van der Waals surface area contributed by atoms with E-state index in [2.05, 4.69) is 0 Å². The normalized spacial score (nSPS) is 15.6. The molecule has 0 saturated carbocycles. The average molecular weight is 261 g/mol. The summed E-state index contributed by atoms with van der Waals surface area (Å²) in [6.07, 6.45) is 0.355. The van der Waals surface area contributed by atoms with Gasteiger partial charge < -0.3 is 0 Å². The molecule has 96 valence electrons. The molecule has 17 heavy (non-hydrogen) atoms. The smallest absolute Gasteiger partial charge is 0.129 e. The van der Waals surface area contributed by atoms with Crippen LogP contribution in [0.4, 0.5) is 8.78 Å². The van der Waals surface area contributed by atoms with Crippen molar-refractivity contribution >= 4 is 11.0 Å². The van der Waals surface area contributed by atoms with Crippen LogP contribution in [0.15, 0.2) is 18.2 Å². The average Bonchev–Trinajstić information content (AvgIpc) is 2.15. The molecule has 2 atom stereocenters. The van der Waals surface area contributed by atoms with Crippen molar-refractivity contribution in [1.29, 1.82) is 0 Å². The van der Waals surface area contributed by atoms with Gasteiger partial charge in [0, 0.05) is 5.56 Å². The van der Waals surface area contributed by atoms with Gasteiger partial charge in [0.25, 0.3) is 0 Å². The molecule has 0 aromatic heterocycles. The Morgan fingerprint density at radius 2 is 1.82 bits per heavy atom. The number of halogens is 2. The molecule has 2 N–H and O–H groups in total. The van der Waals surface area contributed by atoms with Crippen LogP contribution in [-0.2, 0) is 11.0 Å². The third kappa shape index (κ3) is 3.33. The second-order valence-electron chi connectivity index (χ2n) is 4.80. The summed E-state index contributed by atoms with van der Waals surface area (Å²) in [5.74, 6) is -1.52. The molecule has 0 bridgehead atoms. The van der Waals surface area contributed by atoms with Crippen LogP contribution in [-0.4, -0.2) is 8.96 Å². The van der Waals surface area contributed by atoms with Gasteiger partial charge in [-0.3, -0.25) is 5.14 Å². The van der Waals surface area contributed by atoms with Gasteiger partial charge in [-0.25, -0.2) is 13.0 Å². The fourth-order valence-electron chi connectivity index (χ4n) is 1.90. The molecule has 0 aliphatic carbocycles. The van der Waals surface area contributed by atoms with Crippen molar-refractivity contribution in [3.05, 3.63) is 35.4 Å². The lowest BCUT2D eigenvalue weighted by Crippen LogP contribution is -2.33. The third-order valence-corrected chi connectivity index (χ3v) is 4.09. The minimum absolute atomic E-state index is 0.0334. The SMILES string of the molecule is C[C@@H](CC(C)(C)S(N)=O)c1c(F)cccc1F. The van der Waals surface area contributed by atoms with E-state index in [9.17, 15) is 13.0 Å². The second kappa shape index (κ2) is 5.23. The highest BCUT2D eigenvalue weighted by Crippen LogP contribution is 2.31. The summed E-state index contributed by atoms with van der Waals surface area (Å²) in [4.78, 5) is 0. The zero-order valence-electron chi connectivity index (χ0n) is 10.2. The molecule has 0 heterocycles. The van der Waals surface area contributed by atoms with Crippen LogP contribution in [0.3, 0.4) is 0 Å². The summed E-state index contributed by atoms with van der Waals surface area (Å²) in [5.41, 5.74) is 0.0334. The van der Waals surface area contributed by atoms with Gasteiger partial charge >= 0.3 is 0 Å². The molecule has 0 aliphatic heterocycles. The summed E-state index contributed by atoms with van der Waals surface area (Å²) in [6, 6.07) is 3.77. The molecular formula is C12H17F2NOS. The first-order chi connectivity index (χ1) is 7.75. The van der Waals surface area contributed by atoms with Crippen molar-refractivity contribution in [2.75, 3.05) is 0 Å². The van der Waals surface area contributed by atoms with Gasteiger partial charge in [-0.15, -0.1) is 0 Å². The first-order valence-corrected chi connectivity index (χ1v) is 6.57. The van der Waals surface area contributed by atoms with Crippen molar-refractivity contribution in [3.8, 4) is 0 Å². The van der Waals surface area contributed by atoms with E-state index in [1.165, 1.54) is 18.2 Å². The number of hydrogen-bond donors (Lipinski definition) is 1. The van der Waals surface area contributed by atoms with E-state index in [1.54, 1.807) is 20.8 Å². The Balaban J connectivity index is 2.98. The second-order valence-corrected chi connectivity index (χ2v) is 6.50. The molecule has 0 fully saturated rings. The van der Waals surface area contributed by atoms with E-state index in [0.29, 0.717) is 6.42 Å². The molecule has 0 radical (unpaired) electrons. The van der Waals surface area contributed by atoms with Crippen LogP contribution in [0, 0.1) is 11.6 Å². The summed E-state index contributed by atoms with van der Waals surface area (Å²) in [7, 11) is -1.53. The van der Waals surface area contributed by atoms with Crippen molar-refractivity contribution in [3.63, 3.8) is 0 Å². The lowest BCUT2D eigenvalue weighted by atomic mass is 9.91. The number of benzene rings is 1. The Morgan fingerprint density at radius 1 is 1.35 bits per heavy atom. The summed E-state index contributed by atoms with van der Waals surface area (Å²) in [6.45, 7) is 5.15.